The Morgan fingerprint density at radius 2 is 1.70 bits per heavy atom. The van der Waals surface area contributed by atoms with Gasteiger partial charge in [-0.15, -0.1) is 0 Å². The van der Waals surface area contributed by atoms with Gasteiger partial charge in [-0.2, -0.15) is 0 Å². The topological polar surface area (TPSA) is 47.6 Å². The van der Waals surface area contributed by atoms with Crippen molar-refractivity contribution in [1.29, 1.82) is 0 Å². The highest BCUT2D eigenvalue weighted by molar-refractivity contribution is 9.10. The number of benzene rings is 3. The Morgan fingerprint density at radius 3 is 2.41 bits per heavy atom. The fourth-order valence-corrected chi connectivity index (χ4v) is 3.04. The van der Waals surface area contributed by atoms with E-state index in [0.29, 0.717) is 23.1 Å². The molecule has 0 radical (unpaired) electrons. The summed E-state index contributed by atoms with van der Waals surface area (Å²) in [5, 5.41) is 3.21. The van der Waals surface area contributed by atoms with Crippen LogP contribution in [-0.4, -0.2) is 12.5 Å². The Bertz CT molecular complexity index is 901. The number of halogens is 2. The molecule has 0 heterocycles. The molecule has 4 nitrogen and oxygen atoms in total. The lowest BCUT2D eigenvalue weighted by atomic mass is 10.2. The van der Waals surface area contributed by atoms with Crippen molar-refractivity contribution in [3.05, 3.63) is 87.9 Å². The monoisotopic (exact) mass is 445 g/mol. The lowest BCUT2D eigenvalue weighted by Crippen LogP contribution is -2.20. The zero-order valence-corrected chi connectivity index (χ0v) is 16.7. The van der Waals surface area contributed by atoms with E-state index in [0.717, 1.165) is 15.8 Å². The van der Waals surface area contributed by atoms with Crippen LogP contribution in [0.4, 0.5) is 5.69 Å². The highest BCUT2D eigenvalue weighted by Gasteiger charge is 2.07. The van der Waals surface area contributed by atoms with Gasteiger partial charge in [-0.05, 0) is 48.0 Å². The third-order valence-corrected chi connectivity index (χ3v) is 4.43. The summed E-state index contributed by atoms with van der Waals surface area (Å²) in [6, 6.07) is 22.3. The number of rotatable bonds is 7. The highest BCUT2D eigenvalue weighted by Crippen LogP contribution is 2.27. The first-order valence-electron chi connectivity index (χ1n) is 8.24. The van der Waals surface area contributed by atoms with E-state index in [-0.39, 0.29) is 12.5 Å². The summed E-state index contributed by atoms with van der Waals surface area (Å²) in [5.41, 5.74) is 1.76. The molecular weight excluding hydrogens is 430 g/mol. The van der Waals surface area contributed by atoms with E-state index in [4.69, 9.17) is 21.1 Å². The second-order valence-corrected chi connectivity index (χ2v) is 7.03. The van der Waals surface area contributed by atoms with Crippen molar-refractivity contribution in [3.8, 4) is 11.5 Å². The van der Waals surface area contributed by atoms with Crippen molar-refractivity contribution in [2.45, 2.75) is 6.61 Å². The summed E-state index contributed by atoms with van der Waals surface area (Å²) >= 11 is 9.39. The molecule has 1 N–H and O–H groups in total. The fourth-order valence-electron chi connectivity index (χ4n) is 2.31. The van der Waals surface area contributed by atoms with Gasteiger partial charge in [0.25, 0.3) is 5.91 Å². The van der Waals surface area contributed by atoms with E-state index < -0.39 is 0 Å². The quantitative estimate of drug-likeness (QED) is 0.506. The molecule has 27 heavy (non-hydrogen) atoms. The van der Waals surface area contributed by atoms with Gasteiger partial charge in [-0.25, -0.2) is 0 Å². The van der Waals surface area contributed by atoms with E-state index in [1.165, 1.54) is 0 Å². The Labute approximate surface area is 171 Å². The number of nitrogens with one attached hydrogen (secondary N) is 1. The molecule has 3 aromatic rings. The van der Waals surface area contributed by atoms with Crippen molar-refractivity contribution in [3.63, 3.8) is 0 Å². The van der Waals surface area contributed by atoms with Gasteiger partial charge < -0.3 is 14.8 Å². The predicted octanol–water partition coefficient (Wildman–Crippen LogP) is 5.70. The van der Waals surface area contributed by atoms with Crippen LogP contribution < -0.4 is 14.8 Å². The summed E-state index contributed by atoms with van der Waals surface area (Å²) in [6.45, 7) is 0.363. The second kappa shape index (κ2) is 9.44. The number of anilines is 1. The van der Waals surface area contributed by atoms with Gasteiger partial charge in [0, 0.05) is 10.2 Å². The predicted molar refractivity (Wildman–Crippen MR) is 110 cm³/mol. The molecule has 0 saturated heterocycles. The molecule has 0 aromatic heterocycles. The van der Waals surface area contributed by atoms with E-state index in [1.54, 1.807) is 30.3 Å². The third kappa shape index (κ3) is 6.01. The maximum absolute atomic E-state index is 12.0. The molecule has 0 fully saturated rings. The SMILES string of the molecule is O=C(COc1ccc(Br)cc1Cl)Nc1ccc(OCc2ccccc2)cc1. The molecule has 1 amide bonds. The number of hydrogen-bond acceptors (Lipinski definition) is 3. The zero-order valence-electron chi connectivity index (χ0n) is 14.3. The van der Waals surface area contributed by atoms with Gasteiger partial charge in [0.05, 0.1) is 5.02 Å². The Balaban J connectivity index is 1.48. The smallest absolute Gasteiger partial charge is 0.262 e. The Hall–Kier alpha value is -2.50. The van der Waals surface area contributed by atoms with E-state index >= 15 is 0 Å². The summed E-state index contributed by atoms with van der Waals surface area (Å²) in [5.74, 6) is 0.918. The van der Waals surface area contributed by atoms with Crippen LogP contribution in [0, 0.1) is 0 Å². The van der Waals surface area contributed by atoms with Gasteiger partial charge in [0.1, 0.15) is 18.1 Å². The third-order valence-electron chi connectivity index (χ3n) is 3.64. The summed E-state index contributed by atoms with van der Waals surface area (Å²) < 4.78 is 12.0. The molecule has 0 atom stereocenters. The van der Waals surface area contributed by atoms with Gasteiger partial charge in [-0.1, -0.05) is 57.9 Å². The van der Waals surface area contributed by atoms with E-state index in [2.05, 4.69) is 21.2 Å². The molecule has 3 rings (SSSR count). The van der Waals surface area contributed by atoms with Crippen LogP contribution in [0.3, 0.4) is 0 Å². The molecular formula is C21H17BrClNO3. The first kappa shape index (κ1) is 19.3. The van der Waals surface area contributed by atoms with Crippen LogP contribution in [0.5, 0.6) is 11.5 Å². The molecule has 0 unspecified atom stereocenters. The average Bonchev–Trinajstić information content (AvgIpc) is 2.67. The van der Waals surface area contributed by atoms with Gasteiger partial charge >= 0.3 is 0 Å². The van der Waals surface area contributed by atoms with Crippen LogP contribution in [0.25, 0.3) is 0 Å². The Morgan fingerprint density at radius 1 is 0.963 bits per heavy atom. The van der Waals surface area contributed by atoms with Crippen molar-refractivity contribution < 1.29 is 14.3 Å². The minimum Gasteiger partial charge on any atom is -0.489 e. The van der Waals surface area contributed by atoms with Crippen molar-refractivity contribution >= 4 is 39.1 Å². The number of hydrogen-bond donors (Lipinski definition) is 1. The average molecular weight is 447 g/mol. The number of amides is 1. The van der Waals surface area contributed by atoms with E-state index in [9.17, 15) is 4.79 Å². The molecule has 0 bridgehead atoms. The van der Waals surface area contributed by atoms with Gasteiger partial charge in [-0.3, -0.25) is 4.79 Å². The van der Waals surface area contributed by atoms with Gasteiger partial charge in [0.2, 0.25) is 0 Å². The molecule has 0 spiro atoms. The standard InChI is InChI=1S/C21H17BrClNO3/c22-16-6-11-20(19(23)12-16)27-14-21(25)24-17-7-9-18(10-8-17)26-13-15-4-2-1-3-5-15/h1-12H,13-14H2,(H,24,25). The maximum atomic E-state index is 12.0. The molecule has 3 aromatic carbocycles. The molecule has 6 heteroatoms. The lowest BCUT2D eigenvalue weighted by molar-refractivity contribution is -0.118. The van der Waals surface area contributed by atoms with Crippen LogP contribution >= 0.6 is 27.5 Å². The van der Waals surface area contributed by atoms with Crippen molar-refractivity contribution in [2.24, 2.45) is 0 Å². The van der Waals surface area contributed by atoms with Crippen LogP contribution in [-0.2, 0) is 11.4 Å². The fraction of sp³-hybridized carbons (Fsp3) is 0.0952. The van der Waals surface area contributed by atoms with Crippen LogP contribution in [0.1, 0.15) is 5.56 Å². The largest absolute Gasteiger partial charge is 0.489 e. The molecule has 0 aliphatic rings. The molecule has 0 aliphatic carbocycles. The summed E-state index contributed by atoms with van der Waals surface area (Å²) in [7, 11) is 0. The lowest BCUT2D eigenvalue weighted by Gasteiger charge is -2.10. The van der Waals surface area contributed by atoms with Crippen LogP contribution in [0.15, 0.2) is 77.3 Å². The van der Waals surface area contributed by atoms with Crippen molar-refractivity contribution in [2.75, 3.05) is 11.9 Å². The number of carbonyl (C=O) groups is 1. The minimum atomic E-state index is -0.271. The first-order chi connectivity index (χ1) is 13.1. The Kier molecular flexibility index (Phi) is 6.74. The number of ether oxygens (including phenoxy) is 2. The minimum absolute atomic E-state index is 0.131. The normalized spacial score (nSPS) is 10.3. The molecule has 0 aliphatic heterocycles. The molecule has 138 valence electrons. The second-order valence-electron chi connectivity index (χ2n) is 5.71. The van der Waals surface area contributed by atoms with Gasteiger partial charge in [0.15, 0.2) is 6.61 Å². The summed E-state index contributed by atoms with van der Waals surface area (Å²) in [4.78, 5) is 12.0. The molecule has 0 saturated carbocycles. The first-order valence-corrected chi connectivity index (χ1v) is 9.42. The van der Waals surface area contributed by atoms with Crippen molar-refractivity contribution in [1.82, 2.24) is 0 Å². The van der Waals surface area contributed by atoms with E-state index in [1.807, 2.05) is 42.5 Å². The zero-order chi connectivity index (χ0) is 19.1. The van der Waals surface area contributed by atoms with Crippen LogP contribution in [0.2, 0.25) is 5.02 Å². The maximum Gasteiger partial charge on any atom is 0.262 e. The summed E-state index contributed by atoms with van der Waals surface area (Å²) in [6.07, 6.45) is 0. The highest BCUT2D eigenvalue weighted by atomic mass is 79.9. The number of carbonyl (C=O) groups excluding carboxylic acids is 1.